The number of cyclic esters (lactones) is 1. The fourth-order valence-corrected chi connectivity index (χ4v) is 9.44. The first-order valence-electron chi connectivity index (χ1n) is 20.8. The lowest BCUT2D eigenvalue weighted by molar-refractivity contribution is -0.276. The molecule has 13 atom stereocenters. The molecule has 0 radical (unpaired) electrons. The summed E-state index contributed by atoms with van der Waals surface area (Å²) >= 11 is 0. The van der Waals surface area contributed by atoms with Crippen LogP contribution < -0.4 is 0 Å². The fourth-order valence-electron chi connectivity index (χ4n) is 9.44. The van der Waals surface area contributed by atoms with Gasteiger partial charge in [0, 0.05) is 37.8 Å². The van der Waals surface area contributed by atoms with Gasteiger partial charge in [-0.25, -0.2) is 4.79 Å². The molecule has 3 aliphatic heterocycles. The molecule has 1 saturated carbocycles. The van der Waals surface area contributed by atoms with Gasteiger partial charge in [0.15, 0.2) is 0 Å². The van der Waals surface area contributed by atoms with Crippen LogP contribution in [0, 0.1) is 35.5 Å². The highest BCUT2D eigenvalue weighted by atomic mass is 16.6. The highest BCUT2D eigenvalue weighted by Gasteiger charge is 2.54. The Labute approximate surface area is 323 Å². The number of ketones is 2. The molecule has 0 spiro atoms. The van der Waals surface area contributed by atoms with Gasteiger partial charge in [-0.2, -0.15) is 0 Å². The number of piperidine rings is 1. The number of aliphatic hydroxyl groups excluding tert-OH is 2. The summed E-state index contributed by atoms with van der Waals surface area (Å²) in [6, 6.07) is -1.08. The number of hydrogen-bond donors (Lipinski definition) is 3. The minimum absolute atomic E-state index is 0.0212. The molecule has 54 heavy (non-hydrogen) atoms. The van der Waals surface area contributed by atoms with Gasteiger partial charge in [0.2, 0.25) is 5.79 Å². The van der Waals surface area contributed by atoms with E-state index >= 15 is 0 Å². The summed E-state index contributed by atoms with van der Waals surface area (Å²) in [7, 11) is 1.57. The van der Waals surface area contributed by atoms with Crippen molar-refractivity contribution in [1.29, 1.82) is 0 Å². The molecule has 0 aromatic rings. The second-order valence-corrected chi connectivity index (χ2v) is 17.2. The number of carbonyl (C=O) groups excluding carboxylic acids is 4. The summed E-state index contributed by atoms with van der Waals surface area (Å²) in [5.41, 5.74) is 1.77. The third kappa shape index (κ3) is 10.5. The Bertz CT molecular complexity index is 1380. The lowest BCUT2D eigenvalue weighted by atomic mass is 9.77. The van der Waals surface area contributed by atoms with Gasteiger partial charge in [-0.15, -0.1) is 0 Å². The molecule has 4 aliphatic rings. The van der Waals surface area contributed by atoms with Crippen molar-refractivity contribution >= 4 is 23.4 Å². The van der Waals surface area contributed by atoms with Crippen LogP contribution in [0.1, 0.15) is 132 Å². The van der Waals surface area contributed by atoms with Crippen molar-refractivity contribution in [2.45, 2.75) is 174 Å². The first-order chi connectivity index (χ1) is 25.5. The van der Waals surface area contributed by atoms with Crippen molar-refractivity contribution in [3.8, 4) is 0 Å². The van der Waals surface area contributed by atoms with E-state index in [0.29, 0.717) is 56.9 Å². The molecule has 4 rings (SSSR count). The van der Waals surface area contributed by atoms with Gasteiger partial charge in [-0.1, -0.05) is 58.8 Å². The second-order valence-electron chi connectivity index (χ2n) is 17.2. The average molecular weight is 760 g/mol. The van der Waals surface area contributed by atoms with E-state index < -0.39 is 65.7 Å². The van der Waals surface area contributed by atoms with Gasteiger partial charge in [0.25, 0.3) is 11.7 Å². The van der Waals surface area contributed by atoms with Crippen LogP contribution in [-0.2, 0) is 33.4 Å². The van der Waals surface area contributed by atoms with Crippen molar-refractivity contribution in [3.63, 3.8) is 0 Å². The lowest BCUT2D eigenvalue weighted by Gasteiger charge is -2.45. The minimum Gasteiger partial charge on any atom is -0.456 e. The van der Waals surface area contributed by atoms with E-state index in [4.69, 9.17) is 14.2 Å². The summed E-state index contributed by atoms with van der Waals surface area (Å²) in [6.07, 6.45) is 7.86. The van der Waals surface area contributed by atoms with Gasteiger partial charge >= 0.3 is 5.97 Å². The third-order valence-electron chi connectivity index (χ3n) is 13.0. The van der Waals surface area contributed by atoms with E-state index in [1.165, 1.54) is 4.90 Å². The van der Waals surface area contributed by atoms with Crippen LogP contribution in [0.3, 0.4) is 0 Å². The van der Waals surface area contributed by atoms with Crippen LogP contribution in [0.25, 0.3) is 0 Å². The molecule has 1 aliphatic carbocycles. The topological polar surface area (TPSA) is 160 Å². The maximum absolute atomic E-state index is 14.2. The summed E-state index contributed by atoms with van der Waals surface area (Å²) < 4.78 is 18.1. The molecule has 3 heterocycles. The summed E-state index contributed by atoms with van der Waals surface area (Å²) in [6.45, 7) is 13.7. The Morgan fingerprint density at radius 2 is 1.69 bits per heavy atom. The van der Waals surface area contributed by atoms with E-state index in [0.717, 1.165) is 24.8 Å². The largest absolute Gasteiger partial charge is 0.456 e. The molecule has 1 amide bonds. The molecule has 7 unspecified atom stereocenters. The fraction of sp³-hybridized carbons (Fsp3) is 0.814. The number of fused-ring (bicyclic) bond motifs is 3. The highest BCUT2D eigenvalue weighted by molar-refractivity contribution is 6.39. The van der Waals surface area contributed by atoms with Crippen molar-refractivity contribution in [2.75, 3.05) is 13.7 Å². The first kappa shape index (κ1) is 44.3. The molecule has 3 fully saturated rings. The Hall–Kier alpha value is -2.44. The quantitative estimate of drug-likeness (QED) is 0.176. The maximum Gasteiger partial charge on any atom is 0.329 e. The summed E-state index contributed by atoms with van der Waals surface area (Å²) in [5.74, 6) is -6.45. The minimum atomic E-state index is -2.32. The van der Waals surface area contributed by atoms with Gasteiger partial charge in [-0.05, 0) is 108 Å². The molecular formula is C43H69NO10. The zero-order chi connectivity index (χ0) is 39.9. The molecule has 0 aromatic carbocycles. The molecular weight excluding hydrogens is 690 g/mol. The van der Waals surface area contributed by atoms with Crippen molar-refractivity contribution in [2.24, 2.45) is 35.5 Å². The highest BCUT2D eigenvalue weighted by Crippen LogP contribution is 2.41. The Balaban J connectivity index is 1.73. The zero-order valence-corrected chi connectivity index (χ0v) is 34.1. The molecule has 11 nitrogen and oxygen atoms in total. The van der Waals surface area contributed by atoms with E-state index in [-0.39, 0.29) is 54.9 Å². The predicted octanol–water partition coefficient (Wildman–Crippen LogP) is 5.86. The third-order valence-corrected chi connectivity index (χ3v) is 13.0. The van der Waals surface area contributed by atoms with E-state index in [1.54, 1.807) is 21.0 Å². The number of Topliss-reactive ketones (excluding diaryl/α,β-unsaturated/α-hetero) is 2. The van der Waals surface area contributed by atoms with Crippen molar-refractivity contribution in [3.05, 3.63) is 23.3 Å². The lowest BCUT2D eigenvalue weighted by Crippen LogP contribution is -2.62. The molecule has 11 heteroatoms. The van der Waals surface area contributed by atoms with Gasteiger partial charge < -0.3 is 34.4 Å². The summed E-state index contributed by atoms with van der Waals surface area (Å²) in [4.78, 5) is 57.4. The molecule has 2 saturated heterocycles. The van der Waals surface area contributed by atoms with Crippen LogP contribution in [0.2, 0.25) is 0 Å². The van der Waals surface area contributed by atoms with Gasteiger partial charge in [0.1, 0.15) is 17.9 Å². The van der Waals surface area contributed by atoms with E-state index in [1.807, 2.05) is 32.9 Å². The molecule has 306 valence electrons. The SMILES string of the molecule is CC[C@H]1C[C@@H](C)C2(O)OC1CC[C@@H](C)C/C(C)=C/[C@@H](CC)C(=O)CC(O)[C@@H](C)C(/C(C)=C/[C@@H]1CCC(O)C(OC)C1)OC(=O)C1CCCCN1C(=O)C2=O. The van der Waals surface area contributed by atoms with Crippen molar-refractivity contribution < 1.29 is 48.7 Å². The van der Waals surface area contributed by atoms with Gasteiger partial charge in [0.05, 0.1) is 24.4 Å². The smallest absolute Gasteiger partial charge is 0.329 e. The number of esters is 1. The maximum atomic E-state index is 14.2. The number of methoxy groups -OCH3 is 1. The first-order valence-corrected chi connectivity index (χ1v) is 20.8. The second kappa shape index (κ2) is 19.6. The van der Waals surface area contributed by atoms with Crippen LogP contribution >= 0.6 is 0 Å². The number of ether oxygens (including phenoxy) is 3. The molecule has 0 aromatic heterocycles. The van der Waals surface area contributed by atoms with Crippen molar-refractivity contribution in [1.82, 2.24) is 4.90 Å². The van der Waals surface area contributed by atoms with Crippen LogP contribution in [0.4, 0.5) is 0 Å². The zero-order valence-electron chi connectivity index (χ0n) is 34.1. The number of carbonyl (C=O) groups is 4. The molecule has 2 bridgehead atoms. The normalized spacial score (nSPS) is 41.3. The van der Waals surface area contributed by atoms with Gasteiger partial charge in [-0.3, -0.25) is 14.4 Å². The number of nitrogens with zero attached hydrogens (tertiary/aromatic N) is 1. The number of amides is 1. The predicted molar refractivity (Wildman–Crippen MR) is 205 cm³/mol. The number of rotatable bonds is 5. The monoisotopic (exact) mass is 759 g/mol. The van der Waals surface area contributed by atoms with Crippen LogP contribution in [0.5, 0.6) is 0 Å². The number of aliphatic hydroxyl groups is 3. The molecule has 3 N–H and O–H groups in total. The van der Waals surface area contributed by atoms with Crippen LogP contribution in [0.15, 0.2) is 23.3 Å². The Morgan fingerprint density at radius 3 is 2.35 bits per heavy atom. The van der Waals surface area contributed by atoms with E-state index in [2.05, 4.69) is 13.8 Å². The Kier molecular flexibility index (Phi) is 16.1. The standard InChI is InChI=1S/C43H69NO10/c1-9-31-20-26(4)19-25(3)14-17-37-32(10-2)22-28(6)43(51,54-37)40(48)41(49)44-18-12-11-13-33(44)42(50)53-39(29(7)35(46)24-36(31)47)27(5)21-30-15-16-34(45)38(23-30)52-8/h20-21,25,28-35,37-39,45-46,51H,9-19,22-24H2,1-8H3/b26-20+,27-21+/t25-,28-,29-,30+,31-,32+,33?,34?,35?,37?,38?,39?,43?/m1/s1. The Morgan fingerprint density at radius 1 is 0.963 bits per heavy atom. The van der Waals surface area contributed by atoms with Crippen LogP contribution in [-0.4, -0.2) is 99.7 Å². The summed E-state index contributed by atoms with van der Waals surface area (Å²) in [5, 5.41) is 33.9. The van der Waals surface area contributed by atoms with E-state index in [9.17, 15) is 34.5 Å². The number of hydrogen-bond acceptors (Lipinski definition) is 10. The number of allylic oxidation sites excluding steroid dienone is 3. The average Bonchev–Trinajstić information content (AvgIpc) is 3.15.